The number of imidazole rings is 1. The van der Waals surface area contributed by atoms with Gasteiger partial charge < -0.3 is 10.1 Å². The normalized spacial score (nSPS) is 12.2. The third kappa shape index (κ3) is 4.08. The van der Waals surface area contributed by atoms with Gasteiger partial charge in [0.25, 0.3) is 5.91 Å². The fourth-order valence-electron chi connectivity index (χ4n) is 4.86. The summed E-state index contributed by atoms with van der Waals surface area (Å²) < 4.78 is 59.4. The molecule has 0 radical (unpaired) electrons. The number of hydrogen-bond acceptors (Lipinski definition) is 6. The van der Waals surface area contributed by atoms with Crippen molar-refractivity contribution in [2.24, 2.45) is 14.1 Å². The number of fused-ring (bicyclic) bond motifs is 4. The Balaban J connectivity index is 1.47. The number of benzene rings is 1. The van der Waals surface area contributed by atoms with Gasteiger partial charge in [0, 0.05) is 44.1 Å². The average Bonchev–Trinajstić information content (AvgIpc) is 3.57. The van der Waals surface area contributed by atoms with Crippen molar-refractivity contribution in [1.82, 2.24) is 33.9 Å². The molecular formula is C26H21F4N9O. The maximum atomic E-state index is 15.5. The quantitative estimate of drug-likeness (QED) is 0.325. The fourth-order valence-corrected chi connectivity index (χ4v) is 4.86. The van der Waals surface area contributed by atoms with Crippen LogP contribution in [0.25, 0.3) is 27.5 Å². The van der Waals surface area contributed by atoms with Crippen LogP contribution in [0.4, 0.5) is 29.1 Å². The lowest BCUT2D eigenvalue weighted by Crippen LogP contribution is -2.31. The Kier molecular flexibility index (Phi) is 5.53. The Morgan fingerprint density at radius 1 is 1.07 bits per heavy atom. The molecule has 1 amide bonds. The van der Waals surface area contributed by atoms with E-state index in [-0.39, 0.29) is 29.1 Å². The lowest BCUT2D eigenvalue weighted by Gasteiger charge is -2.22. The van der Waals surface area contributed by atoms with Gasteiger partial charge in [0.05, 0.1) is 57.4 Å². The number of amides is 1. The van der Waals surface area contributed by atoms with Gasteiger partial charge in [-0.1, -0.05) is 0 Å². The van der Waals surface area contributed by atoms with Crippen LogP contribution in [0.3, 0.4) is 0 Å². The van der Waals surface area contributed by atoms with Crippen LogP contribution in [0.5, 0.6) is 0 Å². The third-order valence-corrected chi connectivity index (χ3v) is 6.70. The largest absolute Gasteiger partial charge is 0.417 e. The number of rotatable bonds is 4. The first-order valence-corrected chi connectivity index (χ1v) is 12.0. The lowest BCUT2D eigenvalue weighted by molar-refractivity contribution is -0.137. The second-order valence-corrected chi connectivity index (χ2v) is 9.45. The number of carbonyl (C=O) groups is 1. The standard InChI is InChI=1S/C26H21F4N9O/c1-13-21(12-36(2)35-13)39(11-15-10-38-9-14(26(28,29)30)4-5-22(38)33-15)25(40)16-6-17-20(7-19(16)27)34-24(31)18-8-32-37(3)23(17)18/h4-10,12H,11H2,1-3H3,(H2,31,34). The van der Waals surface area contributed by atoms with Gasteiger partial charge in [-0.25, -0.2) is 14.4 Å². The number of halogens is 4. The molecule has 0 spiro atoms. The zero-order valence-electron chi connectivity index (χ0n) is 21.4. The Labute approximate surface area is 223 Å². The predicted molar refractivity (Wildman–Crippen MR) is 139 cm³/mol. The smallest absolute Gasteiger partial charge is 0.383 e. The van der Waals surface area contributed by atoms with E-state index in [0.717, 1.165) is 18.3 Å². The molecule has 6 aromatic rings. The number of alkyl halides is 3. The van der Waals surface area contributed by atoms with E-state index in [1.807, 2.05) is 0 Å². The summed E-state index contributed by atoms with van der Waals surface area (Å²) in [7, 11) is 3.37. The van der Waals surface area contributed by atoms with Gasteiger partial charge in [-0.05, 0) is 25.1 Å². The number of aryl methyl sites for hydroxylation is 3. The van der Waals surface area contributed by atoms with Crippen LogP contribution in [0.1, 0.15) is 27.3 Å². The Hall–Kier alpha value is -5.01. The van der Waals surface area contributed by atoms with E-state index in [1.54, 1.807) is 38.1 Å². The number of nitrogen functional groups attached to an aromatic ring is 1. The van der Waals surface area contributed by atoms with Crippen molar-refractivity contribution in [3.8, 4) is 0 Å². The molecule has 14 heteroatoms. The second-order valence-electron chi connectivity index (χ2n) is 9.45. The number of aromatic nitrogens is 7. The molecule has 10 nitrogen and oxygen atoms in total. The molecule has 5 heterocycles. The highest BCUT2D eigenvalue weighted by atomic mass is 19.4. The van der Waals surface area contributed by atoms with Crippen LogP contribution in [-0.4, -0.2) is 39.8 Å². The van der Waals surface area contributed by atoms with E-state index in [4.69, 9.17) is 5.73 Å². The monoisotopic (exact) mass is 551 g/mol. The van der Waals surface area contributed by atoms with E-state index < -0.39 is 23.5 Å². The summed E-state index contributed by atoms with van der Waals surface area (Å²) in [5, 5.41) is 9.55. The van der Waals surface area contributed by atoms with E-state index in [9.17, 15) is 18.0 Å². The van der Waals surface area contributed by atoms with Gasteiger partial charge in [0.2, 0.25) is 0 Å². The van der Waals surface area contributed by atoms with Crippen LogP contribution in [-0.2, 0) is 26.8 Å². The molecule has 0 bridgehead atoms. The summed E-state index contributed by atoms with van der Waals surface area (Å²) in [4.78, 5) is 24.0. The van der Waals surface area contributed by atoms with Gasteiger partial charge in [0.1, 0.15) is 17.3 Å². The summed E-state index contributed by atoms with van der Waals surface area (Å²) in [6.45, 7) is 1.53. The van der Waals surface area contributed by atoms with Crippen molar-refractivity contribution in [3.63, 3.8) is 0 Å². The molecule has 0 aliphatic heterocycles. The minimum absolute atomic E-state index is 0.160. The molecule has 204 valence electrons. The van der Waals surface area contributed by atoms with Crippen LogP contribution in [0.15, 0.2) is 49.1 Å². The highest BCUT2D eigenvalue weighted by Crippen LogP contribution is 2.32. The molecule has 0 aliphatic carbocycles. The summed E-state index contributed by atoms with van der Waals surface area (Å²) >= 11 is 0. The topological polar surface area (TPSA) is 112 Å². The van der Waals surface area contributed by atoms with Crippen molar-refractivity contribution >= 4 is 44.9 Å². The van der Waals surface area contributed by atoms with Gasteiger partial charge >= 0.3 is 6.18 Å². The first-order valence-electron chi connectivity index (χ1n) is 12.0. The summed E-state index contributed by atoms with van der Waals surface area (Å²) in [6.07, 6.45) is 0.944. The number of anilines is 2. The summed E-state index contributed by atoms with van der Waals surface area (Å²) in [5.74, 6) is -1.33. The van der Waals surface area contributed by atoms with E-state index >= 15 is 4.39 Å². The van der Waals surface area contributed by atoms with Crippen LogP contribution < -0.4 is 10.6 Å². The second kappa shape index (κ2) is 8.76. The number of nitrogens with two attached hydrogens (primary N) is 1. The average molecular weight is 552 g/mol. The van der Waals surface area contributed by atoms with Gasteiger partial charge in [-0.15, -0.1) is 0 Å². The molecular weight excluding hydrogens is 530 g/mol. The number of hydrogen-bond donors (Lipinski definition) is 1. The molecule has 40 heavy (non-hydrogen) atoms. The maximum Gasteiger partial charge on any atom is 0.417 e. The predicted octanol–water partition coefficient (Wildman–Crippen LogP) is 4.40. The highest BCUT2D eigenvalue weighted by molar-refractivity contribution is 6.13. The molecule has 0 saturated carbocycles. The molecule has 2 N–H and O–H groups in total. The van der Waals surface area contributed by atoms with Crippen LogP contribution in [0, 0.1) is 12.7 Å². The molecule has 0 unspecified atom stereocenters. The Morgan fingerprint density at radius 3 is 2.55 bits per heavy atom. The van der Waals surface area contributed by atoms with Crippen molar-refractivity contribution < 1.29 is 22.4 Å². The van der Waals surface area contributed by atoms with Gasteiger partial charge in [-0.3, -0.25) is 19.1 Å². The van der Waals surface area contributed by atoms with Crippen molar-refractivity contribution in [1.29, 1.82) is 0 Å². The molecule has 0 saturated heterocycles. The Morgan fingerprint density at radius 2 is 1.85 bits per heavy atom. The first kappa shape index (κ1) is 25.3. The number of carbonyl (C=O) groups excluding carboxylic acids is 1. The zero-order valence-corrected chi connectivity index (χ0v) is 21.4. The molecule has 0 fully saturated rings. The highest BCUT2D eigenvalue weighted by Gasteiger charge is 2.31. The van der Waals surface area contributed by atoms with Crippen molar-refractivity contribution in [2.45, 2.75) is 19.6 Å². The van der Waals surface area contributed by atoms with E-state index in [0.29, 0.717) is 33.4 Å². The SMILES string of the molecule is Cc1nn(C)cc1N(Cc1cn2cc(C(F)(F)F)ccc2n1)C(=O)c1cc2c(cc1F)nc(N)c1cnn(C)c12. The maximum absolute atomic E-state index is 15.5. The summed E-state index contributed by atoms with van der Waals surface area (Å²) in [5.41, 5.74) is 7.23. The van der Waals surface area contributed by atoms with E-state index in [1.165, 1.54) is 32.3 Å². The molecule has 6 rings (SSSR count). The molecule has 0 atom stereocenters. The lowest BCUT2D eigenvalue weighted by atomic mass is 10.1. The summed E-state index contributed by atoms with van der Waals surface area (Å²) in [6, 6.07) is 4.73. The molecule has 5 aromatic heterocycles. The fraction of sp³-hybridized carbons (Fsp3) is 0.192. The van der Waals surface area contributed by atoms with Gasteiger partial charge in [-0.2, -0.15) is 23.4 Å². The van der Waals surface area contributed by atoms with Crippen LogP contribution in [0.2, 0.25) is 0 Å². The molecule has 1 aromatic carbocycles. The van der Waals surface area contributed by atoms with Gasteiger partial charge in [0.15, 0.2) is 0 Å². The number of pyridine rings is 2. The first-order chi connectivity index (χ1) is 18.9. The van der Waals surface area contributed by atoms with Crippen molar-refractivity contribution in [3.05, 3.63) is 77.4 Å². The minimum atomic E-state index is -4.53. The van der Waals surface area contributed by atoms with Crippen LogP contribution >= 0.6 is 0 Å². The Bertz CT molecular complexity index is 1970. The third-order valence-electron chi connectivity index (χ3n) is 6.70. The molecule has 0 aliphatic rings. The zero-order chi connectivity index (χ0) is 28.5. The minimum Gasteiger partial charge on any atom is -0.383 e. The van der Waals surface area contributed by atoms with E-state index in [2.05, 4.69) is 20.2 Å². The number of nitrogens with zero attached hydrogens (tertiary/aromatic N) is 8. The van der Waals surface area contributed by atoms with Crippen molar-refractivity contribution in [2.75, 3.05) is 10.6 Å².